The molecule has 1 amide bonds. The van der Waals surface area contributed by atoms with Crippen molar-refractivity contribution in [2.24, 2.45) is 0 Å². The maximum absolute atomic E-state index is 11.9. The highest BCUT2D eigenvalue weighted by atomic mass is 32.1. The minimum atomic E-state index is -0.181. The van der Waals surface area contributed by atoms with Crippen LogP contribution in [0, 0.1) is 6.92 Å². The lowest BCUT2D eigenvalue weighted by Gasteiger charge is -2.07. The number of nitrogen functional groups attached to an aromatic ring is 1. The molecule has 2 aromatic rings. The van der Waals surface area contributed by atoms with Gasteiger partial charge in [0.2, 0.25) is 0 Å². The van der Waals surface area contributed by atoms with E-state index in [9.17, 15) is 9.59 Å². The first-order valence-corrected chi connectivity index (χ1v) is 6.25. The van der Waals surface area contributed by atoms with Crippen molar-refractivity contribution >= 4 is 22.9 Å². The lowest BCUT2D eigenvalue weighted by molar-refractivity contribution is 0.0950. The maximum Gasteiger partial charge on any atom is 0.304 e. The molecule has 0 spiro atoms. The fourth-order valence-electron chi connectivity index (χ4n) is 1.61. The Morgan fingerprint density at radius 1 is 1.50 bits per heavy atom. The number of aryl methyl sites for hydroxylation is 1. The number of aromatic nitrogens is 1. The average molecular weight is 263 g/mol. The molecule has 0 atom stereocenters. The van der Waals surface area contributed by atoms with Gasteiger partial charge in [-0.15, -0.1) is 0 Å². The topological polar surface area (TPSA) is 88.0 Å². The van der Waals surface area contributed by atoms with Crippen LogP contribution in [-0.2, 0) is 6.54 Å². The number of thiazole rings is 1. The highest BCUT2D eigenvalue weighted by molar-refractivity contribution is 7.07. The summed E-state index contributed by atoms with van der Waals surface area (Å²) in [5.74, 6) is -0.181. The number of amides is 1. The van der Waals surface area contributed by atoms with Crippen molar-refractivity contribution in [3.8, 4) is 0 Å². The second kappa shape index (κ2) is 5.05. The summed E-state index contributed by atoms with van der Waals surface area (Å²) in [5.41, 5.74) is 8.37. The summed E-state index contributed by atoms with van der Waals surface area (Å²) in [7, 11) is 0. The standard InChI is InChI=1S/C12H13N3O2S/c1-7-4-8(13)2-3-10(7)11(16)14-5-9-6-18-12(17)15-9/h2-4,6H,5,13H2,1H3,(H,14,16)(H,15,17). The van der Waals surface area contributed by atoms with Gasteiger partial charge in [-0.3, -0.25) is 9.59 Å². The highest BCUT2D eigenvalue weighted by Gasteiger charge is 2.09. The van der Waals surface area contributed by atoms with Crippen molar-refractivity contribution in [2.75, 3.05) is 5.73 Å². The smallest absolute Gasteiger partial charge is 0.304 e. The first kappa shape index (κ1) is 12.4. The van der Waals surface area contributed by atoms with Gasteiger partial charge < -0.3 is 16.0 Å². The van der Waals surface area contributed by atoms with Crippen molar-refractivity contribution in [2.45, 2.75) is 13.5 Å². The van der Waals surface area contributed by atoms with Crippen LogP contribution >= 0.6 is 11.3 Å². The van der Waals surface area contributed by atoms with E-state index in [-0.39, 0.29) is 10.8 Å². The average Bonchev–Trinajstić information content (AvgIpc) is 2.72. The van der Waals surface area contributed by atoms with Crippen LogP contribution in [0.15, 0.2) is 28.4 Å². The molecule has 4 N–H and O–H groups in total. The quantitative estimate of drug-likeness (QED) is 0.728. The molecule has 0 saturated heterocycles. The van der Waals surface area contributed by atoms with E-state index < -0.39 is 0 Å². The molecular formula is C12H13N3O2S. The number of nitrogens with two attached hydrogens (primary N) is 1. The van der Waals surface area contributed by atoms with Crippen LogP contribution < -0.4 is 15.9 Å². The van der Waals surface area contributed by atoms with Gasteiger partial charge in [-0.1, -0.05) is 11.3 Å². The van der Waals surface area contributed by atoms with Crippen LogP contribution in [0.4, 0.5) is 5.69 Å². The number of H-pyrrole nitrogens is 1. The van der Waals surface area contributed by atoms with Crippen molar-refractivity contribution in [1.82, 2.24) is 10.3 Å². The Hall–Kier alpha value is -2.08. The molecule has 0 unspecified atom stereocenters. The summed E-state index contributed by atoms with van der Waals surface area (Å²) < 4.78 is 0. The normalized spacial score (nSPS) is 10.3. The van der Waals surface area contributed by atoms with E-state index in [0.717, 1.165) is 16.9 Å². The molecule has 0 aliphatic heterocycles. The molecule has 5 nitrogen and oxygen atoms in total. The predicted octanol–water partition coefficient (Wildman–Crippen LogP) is 1.26. The lowest BCUT2D eigenvalue weighted by Crippen LogP contribution is -2.24. The predicted molar refractivity (Wildman–Crippen MR) is 71.7 cm³/mol. The molecule has 1 heterocycles. The largest absolute Gasteiger partial charge is 0.399 e. The van der Waals surface area contributed by atoms with Gasteiger partial charge in [0.05, 0.1) is 6.54 Å². The van der Waals surface area contributed by atoms with E-state index in [0.29, 0.717) is 23.5 Å². The zero-order valence-electron chi connectivity index (χ0n) is 9.82. The molecule has 0 radical (unpaired) electrons. The summed E-state index contributed by atoms with van der Waals surface area (Å²) >= 11 is 1.08. The number of benzene rings is 1. The molecule has 18 heavy (non-hydrogen) atoms. The van der Waals surface area contributed by atoms with Crippen LogP contribution in [-0.4, -0.2) is 10.9 Å². The Kier molecular flexibility index (Phi) is 3.47. The van der Waals surface area contributed by atoms with Gasteiger partial charge in [0.25, 0.3) is 5.91 Å². The van der Waals surface area contributed by atoms with Crippen LogP contribution in [0.5, 0.6) is 0 Å². The molecule has 0 aliphatic rings. The van der Waals surface area contributed by atoms with Gasteiger partial charge in [-0.25, -0.2) is 0 Å². The van der Waals surface area contributed by atoms with E-state index >= 15 is 0 Å². The Bertz CT molecular complexity index is 630. The van der Waals surface area contributed by atoms with E-state index in [4.69, 9.17) is 5.73 Å². The summed E-state index contributed by atoms with van der Waals surface area (Å²) in [6.07, 6.45) is 0. The molecule has 2 rings (SSSR count). The monoisotopic (exact) mass is 263 g/mol. The fraction of sp³-hybridized carbons (Fsp3) is 0.167. The third-order valence-corrected chi connectivity index (χ3v) is 3.22. The summed E-state index contributed by atoms with van der Waals surface area (Å²) in [5, 5.41) is 4.44. The second-order valence-corrected chi connectivity index (χ2v) is 4.77. The minimum absolute atomic E-state index is 0.122. The Labute approximate surface area is 108 Å². The third kappa shape index (κ3) is 2.78. The number of carbonyl (C=O) groups excluding carboxylic acids is 1. The highest BCUT2D eigenvalue weighted by Crippen LogP contribution is 2.12. The number of aromatic amines is 1. The van der Waals surface area contributed by atoms with Crippen molar-refractivity contribution < 1.29 is 4.79 Å². The molecule has 0 saturated carbocycles. The Morgan fingerprint density at radius 2 is 2.28 bits per heavy atom. The van der Waals surface area contributed by atoms with Crippen LogP contribution in [0.25, 0.3) is 0 Å². The Balaban J connectivity index is 2.06. The van der Waals surface area contributed by atoms with E-state index in [1.54, 1.807) is 23.6 Å². The summed E-state index contributed by atoms with van der Waals surface area (Å²) in [4.78, 5) is 25.4. The van der Waals surface area contributed by atoms with Crippen LogP contribution in [0.1, 0.15) is 21.6 Å². The number of nitrogens with one attached hydrogen (secondary N) is 2. The first-order chi connectivity index (χ1) is 8.56. The lowest BCUT2D eigenvalue weighted by atomic mass is 10.1. The molecule has 1 aromatic carbocycles. The molecule has 0 fully saturated rings. The number of rotatable bonds is 3. The minimum Gasteiger partial charge on any atom is -0.399 e. The fourth-order valence-corrected chi connectivity index (χ4v) is 2.19. The molecular weight excluding hydrogens is 250 g/mol. The zero-order valence-corrected chi connectivity index (χ0v) is 10.6. The number of anilines is 1. The van der Waals surface area contributed by atoms with Crippen molar-refractivity contribution in [1.29, 1.82) is 0 Å². The van der Waals surface area contributed by atoms with Gasteiger partial charge in [-0.05, 0) is 30.7 Å². The number of hydrogen-bond acceptors (Lipinski definition) is 4. The van der Waals surface area contributed by atoms with Gasteiger partial charge in [0.1, 0.15) is 0 Å². The van der Waals surface area contributed by atoms with Gasteiger partial charge in [0, 0.05) is 22.3 Å². The molecule has 0 bridgehead atoms. The summed E-state index contributed by atoms with van der Waals surface area (Å²) in [6, 6.07) is 5.13. The third-order valence-electron chi connectivity index (χ3n) is 2.51. The molecule has 1 aromatic heterocycles. The SMILES string of the molecule is Cc1cc(N)ccc1C(=O)NCc1csc(=O)[nH]1. The number of hydrogen-bond donors (Lipinski definition) is 3. The van der Waals surface area contributed by atoms with Crippen molar-refractivity contribution in [3.05, 3.63) is 50.1 Å². The van der Waals surface area contributed by atoms with Crippen molar-refractivity contribution in [3.63, 3.8) is 0 Å². The van der Waals surface area contributed by atoms with Gasteiger partial charge >= 0.3 is 4.87 Å². The Morgan fingerprint density at radius 3 is 2.89 bits per heavy atom. The van der Waals surface area contributed by atoms with E-state index in [1.165, 1.54) is 0 Å². The maximum atomic E-state index is 11.9. The first-order valence-electron chi connectivity index (χ1n) is 5.37. The van der Waals surface area contributed by atoms with Gasteiger partial charge in [-0.2, -0.15) is 0 Å². The second-order valence-electron chi connectivity index (χ2n) is 3.93. The van der Waals surface area contributed by atoms with Gasteiger partial charge in [0.15, 0.2) is 0 Å². The molecule has 94 valence electrons. The molecule has 0 aliphatic carbocycles. The van der Waals surface area contributed by atoms with Crippen LogP contribution in [0.3, 0.4) is 0 Å². The van der Waals surface area contributed by atoms with E-state index in [1.807, 2.05) is 6.92 Å². The zero-order chi connectivity index (χ0) is 13.1. The number of carbonyl (C=O) groups is 1. The van der Waals surface area contributed by atoms with E-state index in [2.05, 4.69) is 10.3 Å². The summed E-state index contributed by atoms with van der Waals surface area (Å²) in [6.45, 7) is 2.14. The molecule has 6 heteroatoms. The van der Waals surface area contributed by atoms with Crippen LogP contribution in [0.2, 0.25) is 0 Å².